The van der Waals surface area contributed by atoms with Gasteiger partial charge in [-0.05, 0) is 43.4 Å². The zero-order valence-electron chi connectivity index (χ0n) is 12.0. The monoisotopic (exact) mass is 265 g/mol. The number of nitrogens with one attached hydrogen (secondary N) is 1. The van der Waals surface area contributed by atoms with Crippen LogP contribution in [0.2, 0.25) is 0 Å². The van der Waals surface area contributed by atoms with Gasteiger partial charge in [-0.25, -0.2) is 0 Å². The van der Waals surface area contributed by atoms with Crippen molar-refractivity contribution in [1.29, 1.82) is 0 Å². The van der Waals surface area contributed by atoms with Gasteiger partial charge in [0.05, 0.1) is 11.7 Å². The highest BCUT2D eigenvalue weighted by Crippen LogP contribution is 2.22. The lowest BCUT2D eigenvalue weighted by Crippen LogP contribution is -2.35. The molecule has 0 saturated heterocycles. The van der Waals surface area contributed by atoms with E-state index >= 15 is 0 Å². The van der Waals surface area contributed by atoms with E-state index in [2.05, 4.69) is 5.32 Å². The Balaban J connectivity index is 2.65. The third kappa shape index (κ3) is 4.91. The summed E-state index contributed by atoms with van der Waals surface area (Å²) in [7, 11) is 0. The average molecular weight is 265 g/mol. The van der Waals surface area contributed by atoms with Crippen molar-refractivity contribution in [2.75, 3.05) is 6.54 Å². The predicted molar refractivity (Wildman–Crippen MR) is 75.3 cm³/mol. The fourth-order valence-electron chi connectivity index (χ4n) is 2.12. The largest absolute Gasteiger partial charge is 0.507 e. The zero-order chi connectivity index (χ0) is 14.6. The summed E-state index contributed by atoms with van der Waals surface area (Å²) >= 11 is 0. The van der Waals surface area contributed by atoms with E-state index in [0.717, 1.165) is 5.56 Å². The van der Waals surface area contributed by atoms with Gasteiger partial charge in [0.1, 0.15) is 5.75 Å². The van der Waals surface area contributed by atoms with Crippen molar-refractivity contribution in [3.63, 3.8) is 0 Å². The molecule has 0 saturated carbocycles. The lowest BCUT2D eigenvalue weighted by atomic mass is 9.87. The molecule has 0 aliphatic carbocycles. The topological polar surface area (TPSA) is 69.6 Å². The van der Waals surface area contributed by atoms with Gasteiger partial charge in [-0.15, -0.1) is 0 Å². The highest BCUT2D eigenvalue weighted by molar-refractivity contribution is 5.96. The van der Waals surface area contributed by atoms with Gasteiger partial charge in [0.2, 0.25) is 0 Å². The third-order valence-corrected chi connectivity index (χ3v) is 2.97. The van der Waals surface area contributed by atoms with Crippen molar-refractivity contribution in [1.82, 2.24) is 5.32 Å². The predicted octanol–water partition coefficient (Wildman–Crippen LogP) is 2.23. The molecule has 0 heterocycles. The normalized spacial score (nSPS) is 13.1. The molecule has 0 radical (unpaired) electrons. The maximum Gasteiger partial charge on any atom is 0.255 e. The van der Waals surface area contributed by atoms with E-state index in [1.165, 1.54) is 0 Å². The lowest BCUT2D eigenvalue weighted by Gasteiger charge is -2.26. The lowest BCUT2D eigenvalue weighted by molar-refractivity contribution is 0.0899. The van der Waals surface area contributed by atoms with E-state index in [-0.39, 0.29) is 22.6 Å². The Morgan fingerprint density at radius 2 is 2.05 bits per heavy atom. The average Bonchev–Trinajstić information content (AvgIpc) is 2.24. The summed E-state index contributed by atoms with van der Waals surface area (Å²) in [4.78, 5) is 12.0. The summed E-state index contributed by atoms with van der Waals surface area (Å²) < 4.78 is 0. The van der Waals surface area contributed by atoms with Crippen LogP contribution in [0.15, 0.2) is 18.2 Å². The number of rotatable bonds is 5. The molecule has 1 aromatic rings. The molecule has 106 valence electrons. The van der Waals surface area contributed by atoms with Crippen LogP contribution in [0.3, 0.4) is 0 Å². The number of aliphatic hydroxyl groups excluding tert-OH is 1. The molecule has 1 unspecified atom stereocenters. The van der Waals surface area contributed by atoms with Crippen LogP contribution in [0.25, 0.3) is 0 Å². The highest BCUT2D eigenvalue weighted by Gasteiger charge is 2.22. The van der Waals surface area contributed by atoms with E-state index in [1.54, 1.807) is 25.1 Å². The fraction of sp³-hybridized carbons (Fsp3) is 0.533. The standard InChI is InChI=1S/C15H23NO3/c1-10-5-6-12(13(18)7-10)14(19)16-9-15(3,4)8-11(2)17/h5-7,11,17-18H,8-9H2,1-4H3,(H,16,19). The Hall–Kier alpha value is -1.55. The number of phenols is 1. The van der Waals surface area contributed by atoms with Crippen molar-refractivity contribution < 1.29 is 15.0 Å². The van der Waals surface area contributed by atoms with Crippen molar-refractivity contribution in [2.45, 2.75) is 40.2 Å². The van der Waals surface area contributed by atoms with E-state index < -0.39 is 6.10 Å². The molecular formula is C15H23NO3. The molecule has 1 amide bonds. The molecule has 0 spiro atoms. The molecule has 3 N–H and O–H groups in total. The maximum atomic E-state index is 12.0. The summed E-state index contributed by atoms with van der Waals surface area (Å²) in [6, 6.07) is 4.97. The summed E-state index contributed by atoms with van der Waals surface area (Å²) in [5.74, 6) is -0.304. The Kier molecular flexibility index (Phi) is 4.95. The minimum absolute atomic E-state index is 0.00849. The Labute approximate surface area is 114 Å². The number of amides is 1. The van der Waals surface area contributed by atoms with Crippen LogP contribution in [0.1, 0.15) is 43.1 Å². The Morgan fingerprint density at radius 1 is 1.42 bits per heavy atom. The summed E-state index contributed by atoms with van der Waals surface area (Å²) in [6.45, 7) is 8.00. The van der Waals surface area contributed by atoms with Crippen LogP contribution in [-0.4, -0.2) is 28.8 Å². The van der Waals surface area contributed by atoms with Crippen LogP contribution in [-0.2, 0) is 0 Å². The van der Waals surface area contributed by atoms with Crippen LogP contribution < -0.4 is 5.32 Å². The number of hydrogen-bond acceptors (Lipinski definition) is 3. The molecule has 0 aromatic heterocycles. The van der Waals surface area contributed by atoms with Gasteiger partial charge in [-0.2, -0.15) is 0 Å². The molecule has 1 atom stereocenters. The van der Waals surface area contributed by atoms with Gasteiger partial charge in [0.15, 0.2) is 0 Å². The maximum absolute atomic E-state index is 12.0. The second-order valence-corrected chi connectivity index (χ2v) is 5.92. The van der Waals surface area contributed by atoms with E-state index in [4.69, 9.17) is 0 Å². The Morgan fingerprint density at radius 3 is 2.58 bits per heavy atom. The van der Waals surface area contributed by atoms with E-state index in [1.807, 2.05) is 20.8 Å². The first-order chi connectivity index (χ1) is 8.71. The minimum atomic E-state index is -0.403. The van der Waals surface area contributed by atoms with Gasteiger partial charge < -0.3 is 15.5 Å². The van der Waals surface area contributed by atoms with Crippen molar-refractivity contribution in [3.05, 3.63) is 29.3 Å². The highest BCUT2D eigenvalue weighted by atomic mass is 16.3. The molecular weight excluding hydrogens is 242 g/mol. The number of phenolic OH excluding ortho intramolecular Hbond substituents is 1. The zero-order valence-corrected chi connectivity index (χ0v) is 12.0. The van der Waals surface area contributed by atoms with Crippen LogP contribution in [0, 0.1) is 12.3 Å². The smallest absolute Gasteiger partial charge is 0.255 e. The first-order valence-electron chi connectivity index (χ1n) is 6.47. The molecule has 19 heavy (non-hydrogen) atoms. The van der Waals surface area contributed by atoms with Crippen molar-refractivity contribution in [3.8, 4) is 5.75 Å². The summed E-state index contributed by atoms with van der Waals surface area (Å²) in [5, 5.41) is 21.9. The number of aromatic hydroxyl groups is 1. The number of aryl methyl sites for hydroxylation is 1. The molecule has 1 aromatic carbocycles. The molecule has 0 aliphatic rings. The summed E-state index contributed by atoms with van der Waals surface area (Å²) in [5.41, 5.74) is 0.992. The molecule has 1 rings (SSSR count). The number of carbonyl (C=O) groups excluding carboxylic acids is 1. The second-order valence-electron chi connectivity index (χ2n) is 5.92. The van der Waals surface area contributed by atoms with E-state index in [9.17, 15) is 15.0 Å². The first kappa shape index (κ1) is 15.5. The molecule has 0 aliphatic heterocycles. The van der Waals surface area contributed by atoms with Gasteiger partial charge in [0.25, 0.3) is 5.91 Å². The molecule has 4 nitrogen and oxygen atoms in total. The molecule has 0 bridgehead atoms. The van der Waals surface area contributed by atoms with Crippen LogP contribution in [0.5, 0.6) is 5.75 Å². The molecule has 4 heteroatoms. The minimum Gasteiger partial charge on any atom is -0.507 e. The SMILES string of the molecule is Cc1ccc(C(=O)NCC(C)(C)CC(C)O)c(O)c1. The number of benzene rings is 1. The molecule has 0 fully saturated rings. The number of carbonyl (C=O) groups is 1. The van der Waals surface area contributed by atoms with Crippen molar-refractivity contribution in [2.24, 2.45) is 5.41 Å². The van der Waals surface area contributed by atoms with Gasteiger partial charge in [-0.3, -0.25) is 4.79 Å². The fourth-order valence-corrected chi connectivity index (χ4v) is 2.12. The van der Waals surface area contributed by atoms with Crippen molar-refractivity contribution >= 4 is 5.91 Å². The number of aliphatic hydroxyl groups is 1. The van der Waals surface area contributed by atoms with Gasteiger partial charge >= 0.3 is 0 Å². The first-order valence-corrected chi connectivity index (χ1v) is 6.47. The van der Waals surface area contributed by atoms with E-state index in [0.29, 0.717) is 13.0 Å². The third-order valence-electron chi connectivity index (χ3n) is 2.97. The Bertz CT molecular complexity index is 453. The van der Waals surface area contributed by atoms with Crippen LogP contribution in [0.4, 0.5) is 0 Å². The second kappa shape index (κ2) is 6.06. The van der Waals surface area contributed by atoms with Gasteiger partial charge in [0, 0.05) is 6.54 Å². The van der Waals surface area contributed by atoms with Crippen LogP contribution >= 0.6 is 0 Å². The van der Waals surface area contributed by atoms with Gasteiger partial charge in [-0.1, -0.05) is 19.9 Å². The summed E-state index contributed by atoms with van der Waals surface area (Å²) in [6.07, 6.45) is 0.201. The number of hydrogen-bond donors (Lipinski definition) is 3. The quantitative estimate of drug-likeness (QED) is 0.764.